The number of nitrogens with one attached hydrogen (secondary N) is 2. The summed E-state index contributed by atoms with van der Waals surface area (Å²) in [6.07, 6.45) is 2.08. The molecule has 0 aliphatic carbocycles. The van der Waals surface area contributed by atoms with Gasteiger partial charge in [0, 0.05) is 17.3 Å². The number of carbonyl (C=O) groups excluding carboxylic acids is 1. The van der Waals surface area contributed by atoms with E-state index in [0.717, 1.165) is 5.56 Å². The van der Waals surface area contributed by atoms with Crippen molar-refractivity contribution < 1.29 is 19.8 Å². The Morgan fingerprint density at radius 3 is 2.42 bits per heavy atom. The van der Waals surface area contributed by atoms with Crippen LogP contribution in [0.1, 0.15) is 24.0 Å². The fourth-order valence-electron chi connectivity index (χ4n) is 3.37. The molecular weight excluding hydrogens is 446 g/mol. The van der Waals surface area contributed by atoms with Gasteiger partial charge in [-0.15, -0.1) is 0 Å². The fourth-order valence-corrected chi connectivity index (χ4v) is 3.57. The Bertz CT molecular complexity index is 1180. The first-order chi connectivity index (χ1) is 15.8. The lowest BCUT2D eigenvalue weighted by Gasteiger charge is -2.18. The monoisotopic (exact) mass is 469 g/mol. The maximum Gasteiger partial charge on any atom is 0.319 e. The van der Waals surface area contributed by atoms with E-state index in [1.54, 1.807) is 24.3 Å². The van der Waals surface area contributed by atoms with Gasteiger partial charge in [0.15, 0.2) is 5.69 Å². The fraction of sp³-hybridized carbons (Fsp3) is 0.208. The number of hydrogen-bond acceptors (Lipinski definition) is 4. The van der Waals surface area contributed by atoms with E-state index in [9.17, 15) is 24.6 Å². The molecule has 0 unspecified atom stereocenters. The van der Waals surface area contributed by atoms with E-state index >= 15 is 0 Å². The molecule has 2 amide bonds. The van der Waals surface area contributed by atoms with Crippen molar-refractivity contribution in [1.82, 2.24) is 9.88 Å². The molecule has 1 aromatic heterocycles. The van der Waals surface area contributed by atoms with Gasteiger partial charge in [0.25, 0.3) is 5.56 Å². The molecule has 0 saturated heterocycles. The quantitative estimate of drug-likeness (QED) is 0.379. The van der Waals surface area contributed by atoms with E-state index in [-0.39, 0.29) is 18.7 Å². The van der Waals surface area contributed by atoms with E-state index < -0.39 is 29.4 Å². The maximum absolute atomic E-state index is 12.8. The van der Waals surface area contributed by atoms with Crippen LogP contribution in [0.5, 0.6) is 5.75 Å². The van der Waals surface area contributed by atoms with E-state index in [4.69, 9.17) is 11.6 Å². The number of hydrogen-bond donors (Lipinski definition) is 4. The van der Waals surface area contributed by atoms with Gasteiger partial charge in [-0.1, -0.05) is 60.1 Å². The van der Waals surface area contributed by atoms with Crippen LogP contribution in [0.3, 0.4) is 0 Å². The van der Waals surface area contributed by atoms with Crippen LogP contribution in [0.15, 0.2) is 71.7 Å². The minimum Gasteiger partial charge on any atom is -0.505 e. The van der Waals surface area contributed by atoms with Gasteiger partial charge in [0.05, 0.1) is 13.0 Å². The average Bonchev–Trinajstić information content (AvgIpc) is 2.78. The first-order valence-corrected chi connectivity index (χ1v) is 10.7. The number of aromatic hydroxyl groups is 1. The van der Waals surface area contributed by atoms with Crippen molar-refractivity contribution in [1.29, 1.82) is 0 Å². The summed E-state index contributed by atoms with van der Waals surface area (Å²) < 4.78 is 1.31. The van der Waals surface area contributed by atoms with Crippen LogP contribution in [0.2, 0.25) is 5.02 Å². The molecule has 0 radical (unpaired) electrons. The molecule has 0 saturated carbocycles. The van der Waals surface area contributed by atoms with Gasteiger partial charge in [-0.25, -0.2) is 4.79 Å². The molecular formula is C24H24ClN3O5. The number of nitrogens with zero attached hydrogens (tertiary/aromatic N) is 1. The number of rotatable bonds is 9. The second-order valence-corrected chi connectivity index (χ2v) is 7.93. The molecule has 0 bridgehead atoms. The van der Waals surface area contributed by atoms with Crippen LogP contribution in [-0.2, 0) is 17.8 Å². The minimum absolute atomic E-state index is 0.147. The van der Waals surface area contributed by atoms with Crippen molar-refractivity contribution in [3.63, 3.8) is 0 Å². The zero-order valence-corrected chi connectivity index (χ0v) is 18.5. The Hall–Kier alpha value is -3.78. The summed E-state index contributed by atoms with van der Waals surface area (Å²) in [4.78, 5) is 36.6. The number of carboxylic acids is 1. The molecule has 1 heterocycles. The summed E-state index contributed by atoms with van der Waals surface area (Å²) in [7, 11) is 0. The molecule has 3 rings (SSSR count). The third-order valence-corrected chi connectivity index (χ3v) is 5.43. The van der Waals surface area contributed by atoms with Gasteiger partial charge >= 0.3 is 12.0 Å². The number of anilines is 1. The Morgan fingerprint density at radius 2 is 1.73 bits per heavy atom. The van der Waals surface area contributed by atoms with E-state index in [1.165, 1.54) is 16.8 Å². The summed E-state index contributed by atoms with van der Waals surface area (Å²) in [5.41, 5.74) is 0.784. The van der Waals surface area contributed by atoms with E-state index in [0.29, 0.717) is 23.4 Å². The van der Waals surface area contributed by atoms with Crippen molar-refractivity contribution in [3.05, 3.63) is 93.4 Å². The van der Waals surface area contributed by atoms with E-state index in [1.807, 2.05) is 30.3 Å². The summed E-state index contributed by atoms with van der Waals surface area (Å²) in [5.74, 6) is -1.46. The van der Waals surface area contributed by atoms with Gasteiger partial charge in [-0.3, -0.25) is 9.59 Å². The lowest BCUT2D eigenvalue weighted by molar-refractivity contribution is -0.137. The molecule has 172 valence electrons. The predicted octanol–water partition coefficient (Wildman–Crippen LogP) is 3.85. The highest BCUT2D eigenvalue weighted by atomic mass is 35.5. The van der Waals surface area contributed by atoms with Gasteiger partial charge in [0.1, 0.15) is 5.75 Å². The highest BCUT2D eigenvalue weighted by Crippen LogP contribution is 2.20. The summed E-state index contributed by atoms with van der Waals surface area (Å²) in [6, 6.07) is 16.4. The molecule has 8 nitrogen and oxygen atoms in total. The number of carboxylic acid groups (broad SMARTS) is 1. The first kappa shape index (κ1) is 23.9. The number of halogens is 1. The molecule has 0 spiro atoms. The standard InChI is InChI=1S/C24H24ClN3O5/c25-19-9-5-4-8-17(19)15-28-13-12-20(29)22(23(28)32)27-24(33)26-18(14-21(30)31)11-10-16-6-2-1-3-7-16/h1-9,12-13,18,29H,10-11,14-15H2,(H,30,31)(H2,26,27,33)/t18-/m1/s1. The molecule has 3 aromatic rings. The van der Waals surface area contributed by atoms with Crippen LogP contribution in [0, 0.1) is 0 Å². The normalized spacial score (nSPS) is 11.5. The first-order valence-electron chi connectivity index (χ1n) is 10.3. The zero-order chi connectivity index (χ0) is 23.8. The Labute approximate surface area is 195 Å². The number of aromatic nitrogens is 1. The molecule has 1 atom stereocenters. The summed E-state index contributed by atoms with van der Waals surface area (Å²) in [6.45, 7) is 0.147. The Morgan fingerprint density at radius 1 is 1.03 bits per heavy atom. The van der Waals surface area contributed by atoms with Crippen LogP contribution in [0.25, 0.3) is 0 Å². The van der Waals surface area contributed by atoms with Crippen LogP contribution in [0.4, 0.5) is 10.5 Å². The molecule has 0 aliphatic rings. The van der Waals surface area contributed by atoms with Crippen LogP contribution in [-0.4, -0.2) is 32.8 Å². The summed E-state index contributed by atoms with van der Waals surface area (Å²) >= 11 is 6.16. The predicted molar refractivity (Wildman–Crippen MR) is 126 cm³/mol. The second-order valence-electron chi connectivity index (χ2n) is 7.52. The average molecular weight is 470 g/mol. The van der Waals surface area contributed by atoms with Gasteiger partial charge < -0.3 is 25.4 Å². The van der Waals surface area contributed by atoms with E-state index in [2.05, 4.69) is 10.6 Å². The number of aryl methyl sites for hydroxylation is 1. The maximum atomic E-state index is 12.8. The molecule has 2 aromatic carbocycles. The number of pyridine rings is 1. The number of benzene rings is 2. The number of carbonyl (C=O) groups is 2. The third-order valence-electron chi connectivity index (χ3n) is 5.06. The third kappa shape index (κ3) is 6.85. The van der Waals surface area contributed by atoms with Crippen LogP contribution >= 0.6 is 11.6 Å². The van der Waals surface area contributed by atoms with Gasteiger partial charge in [-0.05, 0) is 36.1 Å². The number of urea groups is 1. The van der Waals surface area contributed by atoms with Crippen molar-refractivity contribution in [3.8, 4) is 5.75 Å². The lowest BCUT2D eigenvalue weighted by atomic mass is 10.0. The van der Waals surface area contributed by atoms with Crippen molar-refractivity contribution in [2.75, 3.05) is 5.32 Å². The molecule has 0 aliphatic heterocycles. The minimum atomic E-state index is -1.06. The van der Waals surface area contributed by atoms with Crippen molar-refractivity contribution >= 4 is 29.3 Å². The van der Waals surface area contributed by atoms with Crippen LogP contribution < -0.4 is 16.2 Å². The topological polar surface area (TPSA) is 121 Å². The number of amides is 2. The van der Waals surface area contributed by atoms with Gasteiger partial charge in [0.2, 0.25) is 0 Å². The highest BCUT2D eigenvalue weighted by molar-refractivity contribution is 6.31. The SMILES string of the molecule is O=C(O)C[C@@H](CCc1ccccc1)NC(=O)Nc1c(O)ccn(Cc2ccccc2Cl)c1=O. The molecule has 9 heteroatoms. The zero-order valence-electron chi connectivity index (χ0n) is 17.7. The highest BCUT2D eigenvalue weighted by Gasteiger charge is 2.19. The van der Waals surface area contributed by atoms with Crippen molar-refractivity contribution in [2.24, 2.45) is 0 Å². The van der Waals surface area contributed by atoms with Crippen molar-refractivity contribution in [2.45, 2.75) is 31.8 Å². The van der Waals surface area contributed by atoms with Gasteiger partial charge in [-0.2, -0.15) is 0 Å². The Balaban J connectivity index is 1.71. The lowest BCUT2D eigenvalue weighted by Crippen LogP contribution is -2.41. The second kappa shape index (κ2) is 11.2. The molecule has 33 heavy (non-hydrogen) atoms. The smallest absolute Gasteiger partial charge is 0.319 e. The Kier molecular flexibility index (Phi) is 8.10. The largest absolute Gasteiger partial charge is 0.505 e. The summed E-state index contributed by atoms with van der Waals surface area (Å²) in [5, 5.41) is 24.8. The molecule has 4 N–H and O–H groups in total. The molecule has 0 fully saturated rings. The number of aliphatic carboxylic acids is 1.